The Bertz CT molecular complexity index is 778. The summed E-state index contributed by atoms with van der Waals surface area (Å²) in [5, 5.41) is 9.61. The van der Waals surface area contributed by atoms with Crippen LogP contribution in [-0.2, 0) is 4.74 Å². The molecular weight excluding hydrogens is 269 g/mol. The molecule has 9 heteroatoms. The molecule has 0 spiro atoms. The summed E-state index contributed by atoms with van der Waals surface area (Å²) >= 11 is 0. The van der Waals surface area contributed by atoms with Gasteiger partial charge in [0.2, 0.25) is 11.6 Å². The molecule has 0 aromatic carbocycles. The first-order chi connectivity index (χ1) is 9.47. The fourth-order valence-corrected chi connectivity index (χ4v) is 2.15. The molecule has 20 heavy (non-hydrogen) atoms. The van der Waals surface area contributed by atoms with E-state index in [1.165, 1.54) is 6.33 Å². The second-order valence-corrected chi connectivity index (χ2v) is 4.39. The Labute approximate surface area is 111 Å². The number of nitrogens with two attached hydrogens (primary N) is 1. The maximum Gasteiger partial charge on any atom is 0.280 e. The van der Waals surface area contributed by atoms with Gasteiger partial charge in [-0.05, 0) is 0 Å². The molecule has 3 rings (SSSR count). The molecule has 2 aromatic heterocycles. The SMILES string of the molecule is C#C[C@@]1(F)[C@H](O)CO[C@H]1n1cnc2c(=O)[nH]c(N)nc21. The van der Waals surface area contributed by atoms with E-state index in [1.807, 2.05) is 5.92 Å². The first-order valence-corrected chi connectivity index (χ1v) is 5.66. The van der Waals surface area contributed by atoms with Crippen molar-refractivity contribution in [3.05, 3.63) is 16.7 Å². The molecular formula is C11H10FN5O3. The van der Waals surface area contributed by atoms with Crippen LogP contribution in [0.4, 0.5) is 10.3 Å². The molecule has 1 aliphatic heterocycles. The number of nitrogen functional groups attached to an aromatic ring is 1. The second-order valence-electron chi connectivity index (χ2n) is 4.39. The monoisotopic (exact) mass is 279 g/mol. The number of nitrogens with zero attached hydrogens (tertiary/aromatic N) is 3. The van der Waals surface area contributed by atoms with E-state index in [0.29, 0.717) is 0 Å². The van der Waals surface area contributed by atoms with Gasteiger partial charge in [-0.2, -0.15) is 4.98 Å². The van der Waals surface area contributed by atoms with E-state index in [9.17, 15) is 14.3 Å². The Morgan fingerprint density at radius 2 is 2.50 bits per heavy atom. The molecule has 2 aromatic rings. The number of H-pyrrole nitrogens is 1. The number of alkyl halides is 1. The van der Waals surface area contributed by atoms with Crippen molar-refractivity contribution in [2.24, 2.45) is 0 Å². The lowest BCUT2D eigenvalue weighted by Crippen LogP contribution is -2.39. The molecule has 0 aliphatic carbocycles. The molecule has 0 radical (unpaired) electrons. The van der Waals surface area contributed by atoms with Crippen LogP contribution in [0.25, 0.3) is 11.2 Å². The normalized spacial score (nSPS) is 29.6. The summed E-state index contributed by atoms with van der Waals surface area (Å²) in [4.78, 5) is 21.6. The Kier molecular flexibility index (Phi) is 2.53. The number of aromatic nitrogens is 4. The van der Waals surface area contributed by atoms with Crippen LogP contribution in [0, 0.1) is 12.3 Å². The summed E-state index contributed by atoms with van der Waals surface area (Å²) in [5.41, 5.74) is 2.45. The van der Waals surface area contributed by atoms with Crippen molar-refractivity contribution >= 4 is 17.1 Å². The van der Waals surface area contributed by atoms with E-state index in [0.717, 1.165) is 4.57 Å². The zero-order valence-electron chi connectivity index (χ0n) is 10.1. The zero-order valence-corrected chi connectivity index (χ0v) is 10.1. The zero-order chi connectivity index (χ0) is 14.5. The number of hydrogen-bond donors (Lipinski definition) is 3. The van der Waals surface area contributed by atoms with Crippen LogP contribution in [0.2, 0.25) is 0 Å². The Morgan fingerprint density at radius 3 is 3.20 bits per heavy atom. The van der Waals surface area contributed by atoms with Gasteiger partial charge in [0.25, 0.3) is 5.56 Å². The third-order valence-corrected chi connectivity index (χ3v) is 3.18. The standard InChI is InChI=1S/C11H10FN5O3/c1-2-11(12)5(18)3-20-9(11)17-4-14-6-7(17)15-10(13)16-8(6)19/h1,4-5,9,18H,3H2,(H3,13,15,16,19)/t5-,9-,11-/m1/s1. The van der Waals surface area contributed by atoms with Gasteiger partial charge < -0.3 is 15.6 Å². The van der Waals surface area contributed by atoms with E-state index in [-0.39, 0.29) is 23.7 Å². The summed E-state index contributed by atoms with van der Waals surface area (Å²) < 4.78 is 20.9. The van der Waals surface area contributed by atoms with Crippen molar-refractivity contribution in [1.29, 1.82) is 0 Å². The highest BCUT2D eigenvalue weighted by Crippen LogP contribution is 2.38. The van der Waals surface area contributed by atoms with Gasteiger partial charge in [-0.3, -0.25) is 14.3 Å². The van der Waals surface area contributed by atoms with Gasteiger partial charge in [-0.1, -0.05) is 5.92 Å². The molecule has 1 aliphatic rings. The summed E-state index contributed by atoms with van der Waals surface area (Å²) in [5.74, 6) is 1.74. The number of aliphatic hydroxyl groups excluding tert-OH is 1. The number of imidazole rings is 1. The van der Waals surface area contributed by atoms with Crippen LogP contribution < -0.4 is 11.3 Å². The quantitative estimate of drug-likeness (QED) is 0.572. The molecule has 0 amide bonds. The first kappa shape index (κ1) is 12.6. The molecule has 1 fully saturated rings. The van der Waals surface area contributed by atoms with Gasteiger partial charge in [0.1, 0.15) is 6.10 Å². The second kappa shape index (κ2) is 4.03. The molecule has 0 bridgehead atoms. The van der Waals surface area contributed by atoms with Crippen LogP contribution in [0.5, 0.6) is 0 Å². The summed E-state index contributed by atoms with van der Waals surface area (Å²) in [6, 6.07) is 0. The van der Waals surface area contributed by atoms with E-state index >= 15 is 0 Å². The minimum absolute atomic E-state index is 0.0245. The molecule has 1 saturated heterocycles. The highest BCUT2D eigenvalue weighted by Gasteiger charge is 2.52. The van der Waals surface area contributed by atoms with Crippen molar-refractivity contribution in [2.45, 2.75) is 18.0 Å². The van der Waals surface area contributed by atoms with Gasteiger partial charge in [0.15, 0.2) is 17.4 Å². The smallest absolute Gasteiger partial charge is 0.280 e. The van der Waals surface area contributed by atoms with Crippen LogP contribution in [0.15, 0.2) is 11.1 Å². The van der Waals surface area contributed by atoms with Gasteiger partial charge in [0.05, 0.1) is 12.9 Å². The van der Waals surface area contributed by atoms with Crippen LogP contribution in [0.1, 0.15) is 6.23 Å². The van der Waals surface area contributed by atoms with Crippen LogP contribution in [0.3, 0.4) is 0 Å². The molecule has 104 valence electrons. The van der Waals surface area contributed by atoms with Crippen molar-refractivity contribution in [3.63, 3.8) is 0 Å². The third-order valence-electron chi connectivity index (χ3n) is 3.18. The number of hydrogen-bond acceptors (Lipinski definition) is 6. The molecule has 0 unspecified atom stereocenters. The number of halogens is 1. The predicted molar refractivity (Wildman–Crippen MR) is 66.2 cm³/mol. The molecule has 3 atom stereocenters. The molecule has 8 nitrogen and oxygen atoms in total. The minimum atomic E-state index is -2.44. The first-order valence-electron chi connectivity index (χ1n) is 5.66. The number of rotatable bonds is 1. The van der Waals surface area contributed by atoms with Crippen molar-refractivity contribution in [1.82, 2.24) is 19.5 Å². The number of aliphatic hydroxyl groups is 1. The van der Waals surface area contributed by atoms with E-state index in [4.69, 9.17) is 16.9 Å². The lowest BCUT2D eigenvalue weighted by atomic mass is 10.0. The van der Waals surface area contributed by atoms with E-state index in [2.05, 4.69) is 15.0 Å². The van der Waals surface area contributed by atoms with Crippen molar-refractivity contribution < 1.29 is 14.2 Å². The molecule has 3 heterocycles. The van der Waals surface area contributed by atoms with Gasteiger partial charge in [-0.25, -0.2) is 9.37 Å². The van der Waals surface area contributed by atoms with Crippen LogP contribution in [-0.4, -0.2) is 43.0 Å². The van der Waals surface area contributed by atoms with Gasteiger partial charge >= 0.3 is 0 Å². The predicted octanol–water partition coefficient (Wildman–Crippen LogP) is -1.07. The van der Waals surface area contributed by atoms with E-state index in [1.54, 1.807) is 0 Å². The van der Waals surface area contributed by atoms with Crippen molar-refractivity contribution in [3.8, 4) is 12.3 Å². The summed E-state index contributed by atoms with van der Waals surface area (Å²) in [6.07, 6.45) is 3.50. The topological polar surface area (TPSA) is 119 Å². The highest BCUT2D eigenvalue weighted by atomic mass is 19.1. The number of anilines is 1. The third kappa shape index (κ3) is 1.52. The molecule has 4 N–H and O–H groups in total. The minimum Gasteiger partial charge on any atom is -0.386 e. The fraction of sp³-hybridized carbons (Fsp3) is 0.364. The average Bonchev–Trinajstić information content (AvgIpc) is 2.93. The van der Waals surface area contributed by atoms with E-state index < -0.39 is 23.6 Å². The van der Waals surface area contributed by atoms with Gasteiger partial charge in [-0.15, -0.1) is 6.42 Å². The summed E-state index contributed by atoms with van der Waals surface area (Å²) in [6.45, 7) is -0.274. The maximum absolute atomic E-state index is 14.6. The number of terminal acetylenes is 1. The Balaban J connectivity index is 2.22. The average molecular weight is 279 g/mol. The highest BCUT2D eigenvalue weighted by molar-refractivity contribution is 5.70. The maximum atomic E-state index is 14.6. The Hall–Kier alpha value is -2.44. The lowest BCUT2D eigenvalue weighted by molar-refractivity contribution is -0.00952. The largest absolute Gasteiger partial charge is 0.386 e. The number of nitrogens with one attached hydrogen (secondary N) is 1. The van der Waals surface area contributed by atoms with Crippen molar-refractivity contribution in [2.75, 3.05) is 12.3 Å². The Morgan fingerprint density at radius 1 is 1.75 bits per heavy atom. The number of aromatic amines is 1. The molecule has 0 saturated carbocycles. The van der Waals surface area contributed by atoms with Crippen LogP contribution >= 0.6 is 0 Å². The summed E-state index contributed by atoms with van der Waals surface area (Å²) in [7, 11) is 0. The lowest BCUT2D eigenvalue weighted by Gasteiger charge is -2.23. The number of ether oxygens (including phenoxy) is 1. The fourth-order valence-electron chi connectivity index (χ4n) is 2.15. The number of fused-ring (bicyclic) bond motifs is 1. The van der Waals surface area contributed by atoms with Gasteiger partial charge in [0, 0.05) is 0 Å².